The third-order valence-electron chi connectivity index (χ3n) is 5.05. The van der Waals surface area contributed by atoms with E-state index >= 15 is 0 Å². The van der Waals surface area contributed by atoms with E-state index in [1.807, 2.05) is 28.8 Å². The average molecular weight is 400 g/mol. The third kappa shape index (κ3) is 4.01. The lowest BCUT2D eigenvalue weighted by molar-refractivity contribution is -0.138. The molecule has 150 valence electrons. The normalized spacial score (nSPS) is 19.6. The summed E-state index contributed by atoms with van der Waals surface area (Å²) in [5.74, 6) is 6.17. The summed E-state index contributed by atoms with van der Waals surface area (Å²) >= 11 is 0. The molecule has 1 aliphatic rings. The molecule has 3 aromatic heterocycles. The van der Waals surface area contributed by atoms with Crippen LogP contribution >= 0.6 is 0 Å². The van der Waals surface area contributed by atoms with Gasteiger partial charge >= 0.3 is 6.18 Å². The molecule has 0 unspecified atom stereocenters. The molecule has 3 heterocycles. The summed E-state index contributed by atoms with van der Waals surface area (Å²) in [6.07, 6.45) is 1.79. The molecule has 0 bridgehead atoms. The number of aromatic nitrogens is 5. The average Bonchev–Trinajstić information content (AvgIpc) is 3.12. The Labute approximate surface area is 165 Å². The van der Waals surface area contributed by atoms with Gasteiger partial charge < -0.3 is 5.32 Å². The maximum absolute atomic E-state index is 13.1. The Morgan fingerprint density at radius 1 is 1.21 bits per heavy atom. The van der Waals surface area contributed by atoms with Crippen LogP contribution in [0.2, 0.25) is 0 Å². The van der Waals surface area contributed by atoms with Gasteiger partial charge in [0.25, 0.3) is 0 Å². The van der Waals surface area contributed by atoms with Crippen molar-refractivity contribution < 1.29 is 13.2 Å². The molecule has 1 N–H and O–H groups in total. The van der Waals surface area contributed by atoms with Crippen molar-refractivity contribution in [2.45, 2.75) is 50.7 Å². The lowest BCUT2D eigenvalue weighted by atomic mass is 9.85. The number of anilines is 1. The van der Waals surface area contributed by atoms with Crippen molar-refractivity contribution in [3.8, 4) is 11.8 Å². The van der Waals surface area contributed by atoms with Crippen molar-refractivity contribution >= 4 is 11.6 Å². The molecular weight excluding hydrogens is 381 g/mol. The molecule has 0 amide bonds. The number of halogens is 3. The van der Waals surface area contributed by atoms with Gasteiger partial charge in [-0.05, 0) is 44.2 Å². The zero-order valence-electron chi connectivity index (χ0n) is 15.7. The second kappa shape index (κ2) is 7.70. The molecular formula is C20H19F3N6. The Balaban J connectivity index is 1.54. The number of hydrogen-bond acceptors (Lipinski definition) is 5. The fourth-order valence-electron chi connectivity index (χ4n) is 3.75. The molecule has 6 nitrogen and oxygen atoms in total. The SMILES string of the molecule is CC#Cc1nc(N[C@@H]2CCC[C@H](c3nnc4ccccn34)C2)ncc1C(F)(F)F. The van der Waals surface area contributed by atoms with Crippen LogP contribution in [0.1, 0.15) is 55.6 Å². The minimum absolute atomic E-state index is 0.0315. The first-order chi connectivity index (χ1) is 14.0. The molecule has 0 saturated heterocycles. The Morgan fingerprint density at radius 2 is 2.07 bits per heavy atom. The molecule has 1 fully saturated rings. The minimum Gasteiger partial charge on any atom is -0.351 e. The van der Waals surface area contributed by atoms with Crippen LogP contribution in [0.5, 0.6) is 0 Å². The molecule has 4 rings (SSSR count). The number of fused-ring (bicyclic) bond motifs is 1. The van der Waals surface area contributed by atoms with Crippen LogP contribution in [0, 0.1) is 11.8 Å². The zero-order chi connectivity index (χ0) is 20.4. The van der Waals surface area contributed by atoms with Crippen LogP contribution in [-0.4, -0.2) is 30.6 Å². The predicted molar refractivity (Wildman–Crippen MR) is 101 cm³/mol. The van der Waals surface area contributed by atoms with Crippen molar-refractivity contribution in [1.29, 1.82) is 0 Å². The van der Waals surface area contributed by atoms with Crippen molar-refractivity contribution in [2.24, 2.45) is 0 Å². The van der Waals surface area contributed by atoms with Gasteiger partial charge in [-0.15, -0.1) is 10.2 Å². The van der Waals surface area contributed by atoms with Gasteiger partial charge in [0.05, 0.1) is 0 Å². The molecule has 1 saturated carbocycles. The summed E-state index contributed by atoms with van der Waals surface area (Å²) in [6, 6.07) is 5.79. The van der Waals surface area contributed by atoms with Crippen LogP contribution in [0.25, 0.3) is 5.65 Å². The van der Waals surface area contributed by atoms with E-state index in [1.54, 1.807) is 0 Å². The topological polar surface area (TPSA) is 68.0 Å². The van der Waals surface area contributed by atoms with E-state index in [1.165, 1.54) is 6.92 Å². The number of nitrogens with zero attached hydrogens (tertiary/aromatic N) is 5. The van der Waals surface area contributed by atoms with Crippen molar-refractivity contribution in [3.05, 3.63) is 47.7 Å². The first-order valence-electron chi connectivity index (χ1n) is 9.39. The third-order valence-corrected chi connectivity index (χ3v) is 5.05. The number of rotatable bonds is 3. The van der Waals surface area contributed by atoms with Crippen LogP contribution in [0.15, 0.2) is 30.6 Å². The van der Waals surface area contributed by atoms with E-state index in [-0.39, 0.29) is 23.6 Å². The molecule has 2 atom stereocenters. The van der Waals surface area contributed by atoms with Gasteiger partial charge in [-0.1, -0.05) is 18.4 Å². The second-order valence-electron chi connectivity index (χ2n) is 7.02. The Kier molecular flexibility index (Phi) is 5.09. The summed E-state index contributed by atoms with van der Waals surface area (Å²) in [4.78, 5) is 7.89. The highest BCUT2D eigenvalue weighted by molar-refractivity contribution is 5.41. The van der Waals surface area contributed by atoms with Crippen LogP contribution in [0.3, 0.4) is 0 Å². The van der Waals surface area contributed by atoms with Gasteiger partial charge in [0.15, 0.2) is 5.65 Å². The summed E-state index contributed by atoms with van der Waals surface area (Å²) in [6.45, 7) is 1.48. The molecule has 1 aliphatic carbocycles. The van der Waals surface area contributed by atoms with E-state index in [2.05, 4.69) is 37.3 Å². The van der Waals surface area contributed by atoms with Crippen molar-refractivity contribution in [3.63, 3.8) is 0 Å². The summed E-state index contributed by atoms with van der Waals surface area (Å²) < 4.78 is 41.3. The number of hydrogen-bond donors (Lipinski definition) is 1. The van der Waals surface area contributed by atoms with Crippen LogP contribution in [-0.2, 0) is 6.18 Å². The van der Waals surface area contributed by atoms with Crippen LogP contribution in [0.4, 0.5) is 19.1 Å². The summed E-state index contributed by atoms with van der Waals surface area (Å²) in [7, 11) is 0. The highest BCUT2D eigenvalue weighted by Gasteiger charge is 2.35. The highest BCUT2D eigenvalue weighted by Crippen LogP contribution is 2.34. The quantitative estimate of drug-likeness (QED) is 0.672. The molecule has 29 heavy (non-hydrogen) atoms. The fourth-order valence-corrected chi connectivity index (χ4v) is 3.75. The standard InChI is InChI=1S/C20H19F3N6/c1-2-6-16-15(20(21,22)23)12-24-19(26-16)25-14-8-5-7-13(11-14)18-28-27-17-9-3-4-10-29(17)18/h3-4,9-10,12-14H,5,7-8,11H2,1H3,(H,24,25,26)/t13-,14+/m0/s1. The highest BCUT2D eigenvalue weighted by atomic mass is 19.4. The van der Waals surface area contributed by atoms with E-state index in [9.17, 15) is 13.2 Å². The van der Waals surface area contributed by atoms with Crippen molar-refractivity contribution in [2.75, 3.05) is 5.32 Å². The molecule has 0 radical (unpaired) electrons. The largest absolute Gasteiger partial charge is 0.420 e. The molecule has 0 aliphatic heterocycles. The van der Waals surface area contributed by atoms with Gasteiger partial charge in [-0.2, -0.15) is 13.2 Å². The minimum atomic E-state index is -4.54. The Hall–Kier alpha value is -3.15. The monoisotopic (exact) mass is 400 g/mol. The molecule has 3 aromatic rings. The lowest BCUT2D eigenvalue weighted by Crippen LogP contribution is -2.28. The molecule has 0 spiro atoms. The Morgan fingerprint density at radius 3 is 2.86 bits per heavy atom. The van der Waals surface area contributed by atoms with Gasteiger partial charge in [-0.25, -0.2) is 9.97 Å². The summed E-state index contributed by atoms with van der Waals surface area (Å²) in [5.41, 5.74) is -0.436. The molecule has 9 heteroatoms. The van der Waals surface area contributed by atoms with Crippen LogP contribution < -0.4 is 5.32 Å². The van der Waals surface area contributed by atoms with E-state index in [0.29, 0.717) is 0 Å². The zero-order valence-corrected chi connectivity index (χ0v) is 15.7. The second-order valence-corrected chi connectivity index (χ2v) is 7.02. The Bertz CT molecular complexity index is 1080. The number of alkyl halides is 3. The maximum atomic E-state index is 13.1. The predicted octanol–water partition coefficient (Wildman–Crippen LogP) is 4.05. The van der Waals surface area contributed by atoms with E-state index in [4.69, 9.17) is 0 Å². The summed E-state index contributed by atoms with van der Waals surface area (Å²) in [5, 5.41) is 11.7. The van der Waals surface area contributed by atoms with Gasteiger partial charge in [-0.3, -0.25) is 4.40 Å². The first kappa shape index (κ1) is 19.2. The van der Waals surface area contributed by atoms with Gasteiger partial charge in [0.1, 0.15) is 17.1 Å². The number of pyridine rings is 1. The van der Waals surface area contributed by atoms with Gasteiger partial charge in [0, 0.05) is 24.4 Å². The van der Waals surface area contributed by atoms with Gasteiger partial charge in [0.2, 0.25) is 5.95 Å². The first-order valence-corrected chi connectivity index (χ1v) is 9.39. The fraction of sp³-hybridized carbons (Fsp3) is 0.400. The lowest BCUT2D eigenvalue weighted by Gasteiger charge is -2.29. The maximum Gasteiger partial charge on any atom is 0.420 e. The van der Waals surface area contributed by atoms with E-state index in [0.717, 1.165) is 43.4 Å². The van der Waals surface area contributed by atoms with Crippen molar-refractivity contribution in [1.82, 2.24) is 24.6 Å². The number of nitrogens with one attached hydrogen (secondary N) is 1. The molecule has 0 aromatic carbocycles. The van der Waals surface area contributed by atoms with E-state index < -0.39 is 11.7 Å². The smallest absolute Gasteiger partial charge is 0.351 e.